The summed E-state index contributed by atoms with van der Waals surface area (Å²) in [5, 5.41) is 2.96. The molecule has 2 saturated carbocycles. The van der Waals surface area contributed by atoms with Crippen molar-refractivity contribution in [1.29, 1.82) is 0 Å². The molecule has 1 heterocycles. The highest BCUT2D eigenvalue weighted by Crippen LogP contribution is 2.60. The Labute approximate surface area is 176 Å². The number of anilines is 1. The molecule has 6 nitrogen and oxygen atoms in total. The van der Waals surface area contributed by atoms with Crippen LogP contribution in [0.3, 0.4) is 0 Å². The number of halogens is 1. The third-order valence-electron chi connectivity index (χ3n) is 6.24. The first-order valence-electron chi connectivity index (χ1n) is 9.62. The standard InChI is InChI=1S/C22H20BrNO5/c1-27-12-6-8-14(9-7-12)28-13-4-2-11(3-5-13)24-21(25)17-15-10-16-18(17)22(26)29-20(16)19(15)23/h2-9,15-20H,10H2,1H3,(H,24,25)/t15-,16-,17-,18+,19+,20+/m1/s1. The molecule has 0 aromatic heterocycles. The highest BCUT2D eigenvalue weighted by atomic mass is 79.9. The molecule has 0 unspecified atom stereocenters. The van der Waals surface area contributed by atoms with Crippen LogP contribution in [0.15, 0.2) is 48.5 Å². The van der Waals surface area contributed by atoms with Gasteiger partial charge in [0.15, 0.2) is 0 Å². The monoisotopic (exact) mass is 457 g/mol. The van der Waals surface area contributed by atoms with E-state index in [9.17, 15) is 9.59 Å². The zero-order chi connectivity index (χ0) is 20.1. The molecule has 3 aliphatic rings. The maximum atomic E-state index is 12.9. The van der Waals surface area contributed by atoms with Crippen LogP contribution in [0.25, 0.3) is 0 Å². The molecular weight excluding hydrogens is 438 g/mol. The fourth-order valence-electron chi connectivity index (χ4n) is 4.94. The Morgan fingerprint density at radius 2 is 1.66 bits per heavy atom. The summed E-state index contributed by atoms with van der Waals surface area (Å²) in [6.07, 6.45) is 0.792. The first-order chi connectivity index (χ1) is 14.0. The first kappa shape index (κ1) is 18.5. The van der Waals surface area contributed by atoms with Crippen molar-refractivity contribution in [1.82, 2.24) is 0 Å². The van der Waals surface area contributed by atoms with Crippen molar-refractivity contribution in [2.75, 3.05) is 12.4 Å². The molecule has 3 fully saturated rings. The molecule has 7 heteroatoms. The van der Waals surface area contributed by atoms with E-state index in [4.69, 9.17) is 14.2 Å². The Hall–Kier alpha value is -2.54. The molecule has 0 spiro atoms. The van der Waals surface area contributed by atoms with Crippen molar-refractivity contribution >= 4 is 33.5 Å². The van der Waals surface area contributed by atoms with Gasteiger partial charge in [-0.15, -0.1) is 0 Å². The summed E-state index contributed by atoms with van der Waals surface area (Å²) in [5.74, 6) is 1.42. The van der Waals surface area contributed by atoms with Crippen LogP contribution < -0.4 is 14.8 Å². The van der Waals surface area contributed by atoms with Crippen molar-refractivity contribution in [3.8, 4) is 17.2 Å². The van der Waals surface area contributed by atoms with E-state index in [2.05, 4.69) is 21.2 Å². The van der Waals surface area contributed by atoms with E-state index in [-0.39, 0.29) is 46.5 Å². The Kier molecular flexibility index (Phi) is 4.50. The fraction of sp³-hybridized carbons (Fsp3) is 0.364. The minimum Gasteiger partial charge on any atom is -0.497 e. The number of amides is 1. The van der Waals surface area contributed by atoms with Gasteiger partial charge in [0.05, 0.1) is 23.8 Å². The van der Waals surface area contributed by atoms with Gasteiger partial charge >= 0.3 is 5.97 Å². The third-order valence-corrected chi connectivity index (χ3v) is 7.44. The number of ether oxygens (including phenoxy) is 3. The number of hydrogen-bond acceptors (Lipinski definition) is 5. The summed E-state index contributed by atoms with van der Waals surface area (Å²) in [6.45, 7) is 0. The molecule has 6 atom stereocenters. The maximum Gasteiger partial charge on any atom is 0.310 e. The lowest BCUT2D eigenvalue weighted by Crippen LogP contribution is -2.40. The van der Waals surface area contributed by atoms with Gasteiger partial charge in [-0.25, -0.2) is 0 Å². The highest BCUT2D eigenvalue weighted by Gasteiger charge is 2.67. The van der Waals surface area contributed by atoms with Gasteiger partial charge in [0.2, 0.25) is 5.91 Å². The smallest absolute Gasteiger partial charge is 0.310 e. The second-order valence-corrected chi connectivity index (χ2v) is 8.81. The van der Waals surface area contributed by atoms with Crippen LogP contribution in [0.1, 0.15) is 6.42 Å². The lowest BCUT2D eigenvalue weighted by molar-refractivity contribution is -0.145. The van der Waals surface area contributed by atoms with Crippen LogP contribution in [0.4, 0.5) is 5.69 Å². The van der Waals surface area contributed by atoms with Gasteiger partial charge in [0, 0.05) is 11.6 Å². The topological polar surface area (TPSA) is 73.9 Å². The molecule has 150 valence electrons. The zero-order valence-electron chi connectivity index (χ0n) is 15.7. The van der Waals surface area contributed by atoms with Gasteiger partial charge in [0.25, 0.3) is 0 Å². The van der Waals surface area contributed by atoms with Crippen LogP contribution in [0.5, 0.6) is 17.2 Å². The van der Waals surface area contributed by atoms with Crippen LogP contribution in [0, 0.1) is 23.7 Å². The van der Waals surface area contributed by atoms with E-state index in [0.717, 1.165) is 12.2 Å². The van der Waals surface area contributed by atoms with E-state index in [1.165, 1.54) is 0 Å². The lowest BCUT2D eigenvalue weighted by atomic mass is 9.79. The Balaban J connectivity index is 1.25. The predicted octanol–water partition coefficient (Wildman–Crippen LogP) is 4.00. The SMILES string of the molecule is COc1ccc(Oc2ccc(NC(=O)[C@@H]3[C@H]4C[C@H]5[C@H](OC(=O)[C@@H]53)[C@H]4Br)cc2)cc1. The quantitative estimate of drug-likeness (QED) is 0.542. The predicted molar refractivity (Wildman–Crippen MR) is 109 cm³/mol. The van der Waals surface area contributed by atoms with Crippen molar-refractivity contribution < 1.29 is 23.8 Å². The van der Waals surface area contributed by atoms with Crippen molar-refractivity contribution in [2.24, 2.45) is 23.7 Å². The molecule has 0 radical (unpaired) electrons. The number of hydrogen-bond donors (Lipinski definition) is 1. The molecule has 5 rings (SSSR count). The molecule has 1 amide bonds. The van der Waals surface area contributed by atoms with Crippen LogP contribution in [0.2, 0.25) is 0 Å². The Bertz CT molecular complexity index is 945. The summed E-state index contributed by atoms with van der Waals surface area (Å²) < 4.78 is 16.4. The van der Waals surface area contributed by atoms with Gasteiger partial charge in [-0.05, 0) is 60.9 Å². The molecule has 2 aliphatic carbocycles. The van der Waals surface area contributed by atoms with Crippen molar-refractivity contribution in [2.45, 2.75) is 17.4 Å². The number of carbonyl (C=O) groups is 2. The molecule has 1 aliphatic heterocycles. The number of benzene rings is 2. The van der Waals surface area contributed by atoms with Gasteiger partial charge in [-0.1, -0.05) is 15.9 Å². The minimum absolute atomic E-state index is 0.0613. The van der Waals surface area contributed by atoms with E-state index in [1.807, 2.05) is 24.3 Å². The number of esters is 1. The molecule has 1 saturated heterocycles. The van der Waals surface area contributed by atoms with E-state index < -0.39 is 0 Å². The average Bonchev–Trinajstić information content (AvgIpc) is 3.34. The van der Waals surface area contributed by atoms with Gasteiger partial charge in [-0.3, -0.25) is 9.59 Å². The van der Waals surface area contributed by atoms with Crippen molar-refractivity contribution in [3.63, 3.8) is 0 Å². The van der Waals surface area contributed by atoms with Gasteiger partial charge in [0.1, 0.15) is 23.4 Å². The zero-order valence-corrected chi connectivity index (χ0v) is 17.3. The summed E-state index contributed by atoms with van der Waals surface area (Å²) in [5.41, 5.74) is 0.675. The summed E-state index contributed by atoms with van der Waals surface area (Å²) >= 11 is 3.64. The number of alkyl halides is 1. The minimum atomic E-state index is -0.342. The largest absolute Gasteiger partial charge is 0.497 e. The summed E-state index contributed by atoms with van der Waals surface area (Å²) in [6, 6.07) is 14.5. The summed E-state index contributed by atoms with van der Waals surface area (Å²) in [4.78, 5) is 25.2. The van der Waals surface area contributed by atoms with Gasteiger partial charge < -0.3 is 19.5 Å². The number of rotatable bonds is 5. The molecule has 1 N–H and O–H groups in total. The second-order valence-electron chi connectivity index (χ2n) is 7.75. The number of carbonyl (C=O) groups excluding carboxylic acids is 2. The van der Waals surface area contributed by atoms with Gasteiger partial charge in [-0.2, -0.15) is 0 Å². The normalized spacial score (nSPS) is 31.4. The van der Waals surface area contributed by atoms with Crippen molar-refractivity contribution in [3.05, 3.63) is 48.5 Å². The lowest BCUT2D eigenvalue weighted by Gasteiger charge is -2.27. The molecule has 2 aromatic carbocycles. The summed E-state index contributed by atoms with van der Waals surface area (Å²) in [7, 11) is 1.62. The van der Waals surface area contributed by atoms with Crippen LogP contribution in [-0.2, 0) is 14.3 Å². The molecule has 2 bridgehead atoms. The van der Waals surface area contributed by atoms with E-state index >= 15 is 0 Å². The second kappa shape index (κ2) is 7.06. The van der Waals surface area contributed by atoms with E-state index in [1.54, 1.807) is 31.4 Å². The molecular formula is C22H20BrNO5. The Morgan fingerprint density at radius 3 is 2.31 bits per heavy atom. The third kappa shape index (κ3) is 3.08. The Morgan fingerprint density at radius 1 is 1.03 bits per heavy atom. The maximum absolute atomic E-state index is 12.9. The number of fused-ring (bicyclic) bond motifs is 1. The van der Waals surface area contributed by atoms with Crippen LogP contribution in [-0.4, -0.2) is 29.9 Å². The number of nitrogens with one attached hydrogen (secondary N) is 1. The molecule has 29 heavy (non-hydrogen) atoms. The first-order valence-corrected chi connectivity index (χ1v) is 10.5. The van der Waals surface area contributed by atoms with Crippen LogP contribution >= 0.6 is 15.9 Å². The fourth-order valence-corrected chi connectivity index (χ4v) is 5.99. The number of methoxy groups -OCH3 is 1. The van der Waals surface area contributed by atoms with E-state index in [0.29, 0.717) is 17.2 Å². The molecule has 2 aromatic rings. The average molecular weight is 458 g/mol. The highest BCUT2D eigenvalue weighted by molar-refractivity contribution is 9.09.